The van der Waals surface area contributed by atoms with Gasteiger partial charge in [-0.15, -0.1) is 0 Å². The van der Waals surface area contributed by atoms with Crippen LogP contribution in [0.2, 0.25) is 0 Å². The number of imidazole rings is 1. The van der Waals surface area contributed by atoms with Crippen LogP contribution < -0.4 is 9.47 Å². The molecular formula is C27H25F2N5O5. The smallest absolute Gasteiger partial charge is 0.335 e. The summed E-state index contributed by atoms with van der Waals surface area (Å²) in [5.41, 5.74) is 1.75. The van der Waals surface area contributed by atoms with Gasteiger partial charge in [-0.2, -0.15) is 4.98 Å². The van der Waals surface area contributed by atoms with Crippen molar-refractivity contribution in [2.75, 3.05) is 19.7 Å². The van der Waals surface area contributed by atoms with Crippen LogP contribution >= 0.6 is 0 Å². The summed E-state index contributed by atoms with van der Waals surface area (Å²) in [6.45, 7) is 3.14. The van der Waals surface area contributed by atoms with Gasteiger partial charge in [0.1, 0.15) is 24.4 Å². The Morgan fingerprint density at radius 1 is 1.13 bits per heavy atom. The molecule has 202 valence electrons. The second-order valence-corrected chi connectivity index (χ2v) is 9.54. The molecule has 0 saturated carbocycles. The van der Waals surface area contributed by atoms with Crippen molar-refractivity contribution in [2.45, 2.75) is 38.3 Å². The van der Waals surface area contributed by atoms with Gasteiger partial charge >= 0.3 is 5.97 Å². The molecule has 39 heavy (non-hydrogen) atoms. The highest BCUT2D eigenvalue weighted by molar-refractivity contribution is 5.92. The summed E-state index contributed by atoms with van der Waals surface area (Å²) in [4.78, 5) is 26.9. The van der Waals surface area contributed by atoms with Crippen LogP contribution in [0.1, 0.15) is 28.4 Å². The number of benzene rings is 2. The predicted octanol–water partition coefficient (Wildman–Crippen LogP) is 3.43. The fraction of sp³-hybridized carbons (Fsp3) is 0.333. The second-order valence-electron chi connectivity index (χ2n) is 9.54. The molecule has 1 atom stereocenters. The number of ether oxygens (including phenoxy) is 3. The van der Waals surface area contributed by atoms with Gasteiger partial charge in [0.25, 0.3) is 0 Å². The number of halogens is 2. The number of carbonyl (C=O) groups is 1. The molecule has 0 radical (unpaired) electrons. The first-order chi connectivity index (χ1) is 18.9. The third-order valence-corrected chi connectivity index (χ3v) is 6.76. The number of rotatable bonds is 10. The first kappa shape index (κ1) is 25.1. The molecule has 0 amide bonds. The molecule has 2 aliphatic rings. The van der Waals surface area contributed by atoms with E-state index in [2.05, 4.69) is 19.4 Å². The van der Waals surface area contributed by atoms with Crippen LogP contribution in [0, 0.1) is 11.6 Å². The largest absolute Gasteiger partial charge is 0.483 e. The van der Waals surface area contributed by atoms with Crippen LogP contribution in [0.15, 0.2) is 48.7 Å². The predicted molar refractivity (Wildman–Crippen MR) is 133 cm³/mol. The molecule has 1 N–H and O–H groups in total. The van der Waals surface area contributed by atoms with Gasteiger partial charge in [-0.3, -0.25) is 4.90 Å². The number of likely N-dealkylation sites (tertiary alicyclic amines) is 1. The maximum atomic E-state index is 13.8. The quantitative estimate of drug-likeness (QED) is 0.325. The van der Waals surface area contributed by atoms with Crippen molar-refractivity contribution in [1.29, 1.82) is 0 Å². The summed E-state index contributed by atoms with van der Waals surface area (Å²) in [5, 5.41) is 9.42. The minimum absolute atomic E-state index is 0.0879. The Kier molecular flexibility index (Phi) is 6.79. The fourth-order valence-corrected chi connectivity index (χ4v) is 4.61. The van der Waals surface area contributed by atoms with E-state index in [-0.39, 0.29) is 30.1 Å². The van der Waals surface area contributed by atoms with E-state index in [4.69, 9.17) is 19.2 Å². The first-order valence-corrected chi connectivity index (χ1v) is 12.5. The number of fused-ring (bicyclic) bond motifs is 1. The van der Waals surface area contributed by atoms with E-state index in [0.717, 1.165) is 42.0 Å². The number of aromatic nitrogens is 4. The van der Waals surface area contributed by atoms with Crippen LogP contribution in [-0.2, 0) is 24.4 Å². The number of carboxylic acids is 1. The van der Waals surface area contributed by atoms with E-state index in [0.29, 0.717) is 37.9 Å². The van der Waals surface area contributed by atoms with Crippen molar-refractivity contribution in [3.63, 3.8) is 0 Å². The van der Waals surface area contributed by atoms with E-state index in [9.17, 15) is 18.7 Å². The Labute approximate surface area is 221 Å². The molecule has 6 rings (SSSR count). The minimum Gasteiger partial charge on any atom is -0.483 e. The Bertz CT molecular complexity index is 1520. The molecule has 0 spiro atoms. The Hall–Kier alpha value is -4.16. The van der Waals surface area contributed by atoms with Gasteiger partial charge in [0.05, 0.1) is 35.8 Å². The van der Waals surface area contributed by atoms with Crippen molar-refractivity contribution >= 4 is 17.0 Å². The zero-order chi connectivity index (χ0) is 26.9. The standard InChI is InChI=1S/C27H25F2N5O5/c28-17-2-4-23(20(29)10-17)38-15-24-30-7-5-26(32-24)39-19-11-33(12-19)14-25-31-21-3-1-16(27(35)36)9-22(21)34(25)13-18-6-8-37-18/h1-5,7,9-10,18-19H,6,8,11-15H2,(H,35,36)/t18-/m0/s1. The number of hydrogen-bond acceptors (Lipinski definition) is 8. The highest BCUT2D eigenvalue weighted by Gasteiger charge is 2.31. The van der Waals surface area contributed by atoms with Gasteiger partial charge in [0.2, 0.25) is 5.88 Å². The first-order valence-electron chi connectivity index (χ1n) is 12.5. The molecule has 4 aromatic rings. The lowest BCUT2D eigenvalue weighted by Gasteiger charge is -2.38. The van der Waals surface area contributed by atoms with Crippen molar-refractivity contribution in [2.24, 2.45) is 0 Å². The lowest BCUT2D eigenvalue weighted by atomic mass is 10.1. The Morgan fingerprint density at radius 2 is 1.97 bits per heavy atom. The zero-order valence-corrected chi connectivity index (χ0v) is 20.8. The number of aromatic carboxylic acids is 1. The fourth-order valence-electron chi connectivity index (χ4n) is 4.61. The monoisotopic (exact) mass is 537 g/mol. The lowest BCUT2D eigenvalue weighted by Crippen LogP contribution is -2.53. The third kappa shape index (κ3) is 5.52. The van der Waals surface area contributed by atoms with E-state index in [1.807, 2.05) is 0 Å². The van der Waals surface area contributed by atoms with E-state index < -0.39 is 17.6 Å². The molecule has 2 saturated heterocycles. The van der Waals surface area contributed by atoms with Gasteiger partial charge in [0, 0.05) is 38.0 Å². The van der Waals surface area contributed by atoms with Crippen molar-refractivity contribution < 1.29 is 32.9 Å². The van der Waals surface area contributed by atoms with Crippen LogP contribution in [0.4, 0.5) is 8.78 Å². The summed E-state index contributed by atoms with van der Waals surface area (Å²) in [6, 6.07) is 9.69. The number of nitrogens with zero attached hydrogens (tertiary/aromatic N) is 5. The number of hydrogen-bond donors (Lipinski definition) is 1. The third-order valence-electron chi connectivity index (χ3n) is 6.76. The van der Waals surface area contributed by atoms with E-state index >= 15 is 0 Å². The van der Waals surface area contributed by atoms with Crippen LogP contribution in [-0.4, -0.2) is 67.4 Å². The van der Waals surface area contributed by atoms with Gasteiger partial charge < -0.3 is 23.9 Å². The molecule has 0 unspecified atom stereocenters. The summed E-state index contributed by atoms with van der Waals surface area (Å²) in [6.07, 6.45) is 2.50. The van der Waals surface area contributed by atoms with Crippen LogP contribution in [0.5, 0.6) is 11.6 Å². The molecule has 2 fully saturated rings. The Morgan fingerprint density at radius 3 is 2.72 bits per heavy atom. The highest BCUT2D eigenvalue weighted by atomic mass is 19.1. The SMILES string of the molecule is O=C(O)c1ccc2nc(CN3CC(Oc4ccnc(COc5ccc(F)cc5F)n4)C3)n(C[C@@H]3CCO3)c2c1. The van der Waals surface area contributed by atoms with Gasteiger partial charge in [-0.25, -0.2) is 23.5 Å². The minimum atomic E-state index is -0.976. The normalized spacial score (nSPS) is 17.5. The van der Waals surface area contributed by atoms with Crippen LogP contribution in [0.25, 0.3) is 11.0 Å². The van der Waals surface area contributed by atoms with Crippen molar-refractivity contribution in [1.82, 2.24) is 24.4 Å². The molecule has 4 heterocycles. The van der Waals surface area contributed by atoms with Crippen molar-refractivity contribution in [3.05, 3.63) is 77.5 Å². The summed E-state index contributed by atoms with van der Waals surface area (Å²) in [7, 11) is 0. The average molecular weight is 538 g/mol. The molecule has 0 aliphatic carbocycles. The van der Waals surface area contributed by atoms with Crippen LogP contribution in [0.3, 0.4) is 0 Å². The molecule has 12 heteroatoms. The van der Waals surface area contributed by atoms with Gasteiger partial charge in [-0.1, -0.05) is 0 Å². The zero-order valence-electron chi connectivity index (χ0n) is 20.8. The lowest BCUT2D eigenvalue weighted by molar-refractivity contribution is -0.0596. The topological polar surface area (TPSA) is 112 Å². The van der Waals surface area contributed by atoms with E-state index in [1.165, 1.54) is 12.3 Å². The Balaban J connectivity index is 1.07. The van der Waals surface area contributed by atoms with Gasteiger partial charge in [0.15, 0.2) is 17.4 Å². The highest BCUT2D eigenvalue weighted by Crippen LogP contribution is 2.25. The van der Waals surface area contributed by atoms with Gasteiger partial charge in [-0.05, 0) is 36.8 Å². The molecule has 2 aromatic heterocycles. The number of carboxylic acid groups (broad SMARTS) is 1. The van der Waals surface area contributed by atoms with Crippen molar-refractivity contribution in [3.8, 4) is 11.6 Å². The maximum Gasteiger partial charge on any atom is 0.335 e. The molecule has 2 aliphatic heterocycles. The summed E-state index contributed by atoms with van der Waals surface area (Å²) < 4.78 is 45.9. The molecule has 10 nitrogen and oxygen atoms in total. The summed E-state index contributed by atoms with van der Waals surface area (Å²) in [5.74, 6) is -1.02. The molecule has 0 bridgehead atoms. The summed E-state index contributed by atoms with van der Waals surface area (Å²) >= 11 is 0. The average Bonchev–Trinajstić information content (AvgIpc) is 3.20. The maximum absolute atomic E-state index is 13.8. The molecule has 2 aromatic carbocycles. The second kappa shape index (κ2) is 10.5. The molecular weight excluding hydrogens is 512 g/mol. The van der Waals surface area contributed by atoms with E-state index in [1.54, 1.807) is 24.3 Å².